The molecule has 83 valence electrons. The fourth-order valence-corrected chi connectivity index (χ4v) is 1.72. The van der Waals surface area contributed by atoms with Gasteiger partial charge in [0, 0.05) is 24.4 Å². The van der Waals surface area contributed by atoms with Gasteiger partial charge in [0.2, 0.25) is 0 Å². The Balaban J connectivity index is 2.56. The van der Waals surface area contributed by atoms with Crippen LogP contribution in [0.3, 0.4) is 0 Å². The van der Waals surface area contributed by atoms with E-state index in [1.165, 1.54) is 0 Å². The van der Waals surface area contributed by atoms with Crippen molar-refractivity contribution in [1.82, 2.24) is 4.57 Å². The van der Waals surface area contributed by atoms with E-state index in [9.17, 15) is 0 Å². The van der Waals surface area contributed by atoms with E-state index in [4.69, 9.17) is 9.47 Å². The highest BCUT2D eigenvalue weighted by atomic mass is 16.5. The van der Waals surface area contributed by atoms with E-state index in [-0.39, 0.29) is 0 Å². The van der Waals surface area contributed by atoms with Gasteiger partial charge >= 0.3 is 0 Å². The van der Waals surface area contributed by atoms with E-state index in [0.717, 1.165) is 22.6 Å². The molecule has 1 aromatic heterocycles. The average Bonchev–Trinajstić information content (AvgIpc) is 2.74. The average molecular weight is 216 g/mol. The molecule has 0 N–H and O–H groups in total. The topological polar surface area (TPSA) is 23.4 Å². The zero-order chi connectivity index (χ0) is 11.5. The number of methoxy groups -OCH3 is 2. The molecule has 0 amide bonds. The Bertz CT molecular complexity index is 488. The van der Waals surface area contributed by atoms with Gasteiger partial charge in [-0.1, -0.05) is 12.1 Å². The number of nitrogens with zero attached hydrogens (tertiary/aromatic N) is 1. The van der Waals surface area contributed by atoms with Crippen LogP contribution >= 0.6 is 0 Å². The predicted octanol–water partition coefficient (Wildman–Crippen LogP) is 2.51. The highest BCUT2D eigenvalue weighted by molar-refractivity contribution is 5.73. The van der Waals surface area contributed by atoms with E-state index < -0.39 is 0 Å². The zero-order valence-electron chi connectivity index (χ0n) is 9.65. The second-order valence-corrected chi connectivity index (χ2v) is 3.51. The number of hydrogen-bond acceptors (Lipinski definition) is 2. The minimum absolute atomic E-state index is 0.740. The Morgan fingerprint density at radius 1 is 1.19 bits per heavy atom. The molecule has 0 atom stereocenters. The molecular formula is C13H14NO2. The van der Waals surface area contributed by atoms with Crippen molar-refractivity contribution in [3.63, 3.8) is 0 Å². The van der Waals surface area contributed by atoms with E-state index >= 15 is 0 Å². The van der Waals surface area contributed by atoms with E-state index in [0.29, 0.717) is 0 Å². The molecule has 16 heavy (non-hydrogen) atoms. The first-order valence-corrected chi connectivity index (χ1v) is 5.01. The number of para-hydroxylation sites is 1. The molecule has 0 aliphatic carbocycles. The minimum atomic E-state index is 0.740. The summed E-state index contributed by atoms with van der Waals surface area (Å²) < 4.78 is 12.5. The van der Waals surface area contributed by atoms with E-state index in [2.05, 4.69) is 6.20 Å². The molecular weight excluding hydrogens is 202 g/mol. The molecule has 1 aromatic carbocycles. The first-order valence-electron chi connectivity index (χ1n) is 5.01. The third-order valence-electron chi connectivity index (χ3n) is 2.47. The molecule has 2 rings (SSSR count). The van der Waals surface area contributed by atoms with E-state index in [1.807, 2.05) is 42.1 Å². The lowest BCUT2D eigenvalue weighted by atomic mass is 10.1. The van der Waals surface area contributed by atoms with Crippen LogP contribution in [0.4, 0.5) is 0 Å². The van der Waals surface area contributed by atoms with Crippen LogP contribution in [-0.4, -0.2) is 18.8 Å². The number of rotatable bonds is 3. The third kappa shape index (κ3) is 1.76. The van der Waals surface area contributed by atoms with Crippen LogP contribution in [0.5, 0.6) is 11.5 Å². The lowest BCUT2D eigenvalue weighted by Gasteiger charge is -2.11. The van der Waals surface area contributed by atoms with Crippen molar-refractivity contribution >= 4 is 0 Å². The molecule has 0 saturated carbocycles. The van der Waals surface area contributed by atoms with Gasteiger partial charge in [0.25, 0.3) is 0 Å². The maximum Gasteiger partial charge on any atom is 0.168 e. The normalized spacial score (nSPS) is 10.2. The molecule has 0 aliphatic heterocycles. The Labute approximate surface area is 95.2 Å². The van der Waals surface area contributed by atoms with Crippen molar-refractivity contribution in [3.05, 3.63) is 36.7 Å². The smallest absolute Gasteiger partial charge is 0.168 e. The molecule has 0 fully saturated rings. The highest BCUT2D eigenvalue weighted by Crippen LogP contribution is 2.37. The largest absolute Gasteiger partial charge is 0.493 e. The summed E-state index contributed by atoms with van der Waals surface area (Å²) in [6.45, 7) is 0. The second-order valence-electron chi connectivity index (χ2n) is 3.51. The van der Waals surface area contributed by atoms with Crippen molar-refractivity contribution in [1.29, 1.82) is 0 Å². The fraction of sp³-hybridized carbons (Fsp3) is 0.231. The third-order valence-corrected chi connectivity index (χ3v) is 2.47. The van der Waals surface area contributed by atoms with Crippen LogP contribution in [0, 0.1) is 6.20 Å². The van der Waals surface area contributed by atoms with Crippen LogP contribution < -0.4 is 9.47 Å². The summed E-state index contributed by atoms with van der Waals surface area (Å²) in [6, 6.07) is 7.76. The highest BCUT2D eigenvalue weighted by Gasteiger charge is 2.11. The summed E-state index contributed by atoms with van der Waals surface area (Å²) in [5, 5.41) is 0. The van der Waals surface area contributed by atoms with Crippen molar-refractivity contribution in [2.24, 2.45) is 7.05 Å². The van der Waals surface area contributed by atoms with Crippen molar-refractivity contribution in [2.45, 2.75) is 0 Å². The molecule has 1 radical (unpaired) electrons. The summed E-state index contributed by atoms with van der Waals surface area (Å²) in [7, 11) is 5.23. The van der Waals surface area contributed by atoms with Crippen molar-refractivity contribution in [2.75, 3.05) is 14.2 Å². The molecule has 0 aliphatic rings. The molecule has 3 nitrogen and oxygen atoms in total. The Hall–Kier alpha value is -1.90. The minimum Gasteiger partial charge on any atom is -0.493 e. The standard InChI is InChI=1S/C13H14NO2/c1-14-8-7-10(9-14)11-5-4-6-12(15-2)13(11)16-3/h4-7,9H,1-3H3. The van der Waals surface area contributed by atoms with E-state index in [1.54, 1.807) is 14.2 Å². The summed E-state index contributed by atoms with van der Waals surface area (Å²) in [6.07, 6.45) is 5.07. The second kappa shape index (κ2) is 4.31. The molecule has 3 heteroatoms. The Morgan fingerprint density at radius 3 is 2.56 bits per heavy atom. The van der Waals surface area contributed by atoms with Crippen LogP contribution in [-0.2, 0) is 7.05 Å². The van der Waals surface area contributed by atoms with Crippen LogP contribution in [0.25, 0.3) is 11.1 Å². The van der Waals surface area contributed by atoms with Crippen LogP contribution in [0.2, 0.25) is 0 Å². The monoisotopic (exact) mass is 216 g/mol. The Kier molecular flexibility index (Phi) is 2.86. The number of aromatic nitrogens is 1. The number of benzene rings is 1. The van der Waals surface area contributed by atoms with Gasteiger partial charge in [-0.2, -0.15) is 0 Å². The quantitative estimate of drug-likeness (QED) is 0.787. The lowest BCUT2D eigenvalue weighted by Crippen LogP contribution is -1.92. The van der Waals surface area contributed by atoms with Gasteiger partial charge in [-0.05, 0) is 12.1 Å². The van der Waals surface area contributed by atoms with Gasteiger partial charge < -0.3 is 14.0 Å². The summed E-state index contributed by atoms with van der Waals surface area (Å²) >= 11 is 0. The van der Waals surface area contributed by atoms with Gasteiger partial charge in [0.1, 0.15) is 0 Å². The lowest BCUT2D eigenvalue weighted by molar-refractivity contribution is 0.356. The van der Waals surface area contributed by atoms with Gasteiger partial charge in [-0.25, -0.2) is 0 Å². The fourth-order valence-electron chi connectivity index (χ4n) is 1.72. The molecule has 0 spiro atoms. The molecule has 0 bridgehead atoms. The summed E-state index contributed by atoms with van der Waals surface area (Å²) in [4.78, 5) is 0. The number of hydrogen-bond donors (Lipinski definition) is 0. The van der Waals surface area contributed by atoms with Crippen LogP contribution in [0.1, 0.15) is 0 Å². The van der Waals surface area contributed by atoms with Gasteiger partial charge in [0.05, 0.1) is 20.4 Å². The summed E-state index contributed by atoms with van der Waals surface area (Å²) in [5.74, 6) is 1.49. The number of aryl methyl sites for hydroxylation is 1. The predicted molar refractivity (Wildman–Crippen MR) is 62.8 cm³/mol. The molecule has 2 aromatic rings. The Morgan fingerprint density at radius 2 is 2.00 bits per heavy atom. The number of ether oxygens (including phenoxy) is 2. The van der Waals surface area contributed by atoms with Crippen molar-refractivity contribution < 1.29 is 9.47 Å². The first kappa shape index (κ1) is 10.6. The molecule has 1 heterocycles. The SMILES string of the molecule is COc1cccc(-c2c[c]n(C)c2)c1OC. The zero-order valence-corrected chi connectivity index (χ0v) is 9.65. The molecule has 0 saturated heterocycles. The first-order chi connectivity index (χ1) is 7.76. The molecule has 0 unspecified atom stereocenters. The maximum absolute atomic E-state index is 5.38. The van der Waals surface area contributed by atoms with Gasteiger partial charge in [0.15, 0.2) is 11.5 Å². The van der Waals surface area contributed by atoms with Gasteiger partial charge in [-0.15, -0.1) is 0 Å². The van der Waals surface area contributed by atoms with Crippen LogP contribution in [0.15, 0.2) is 30.5 Å². The van der Waals surface area contributed by atoms with Crippen molar-refractivity contribution in [3.8, 4) is 22.6 Å². The van der Waals surface area contributed by atoms with Gasteiger partial charge in [-0.3, -0.25) is 0 Å². The summed E-state index contributed by atoms with van der Waals surface area (Å²) in [5.41, 5.74) is 2.08. The maximum atomic E-state index is 5.38.